The predicted octanol–water partition coefficient (Wildman–Crippen LogP) is 2.74. The third-order valence-electron chi connectivity index (χ3n) is 4.67. The van der Waals surface area contributed by atoms with Crippen LogP contribution in [0.3, 0.4) is 0 Å². The monoisotopic (exact) mass is 410 g/mol. The molecule has 2 bridgehead atoms. The van der Waals surface area contributed by atoms with Crippen LogP contribution >= 0.6 is 11.6 Å². The normalized spacial score (nSPS) is 24.9. The van der Waals surface area contributed by atoms with E-state index in [1.165, 1.54) is 0 Å². The average molecular weight is 411 g/mol. The predicted molar refractivity (Wildman–Crippen MR) is 99.6 cm³/mol. The molecular weight excluding hydrogens is 388 g/mol. The maximum atomic E-state index is 12.2. The highest BCUT2D eigenvalue weighted by atomic mass is 35.5. The van der Waals surface area contributed by atoms with Crippen molar-refractivity contribution in [3.8, 4) is 5.75 Å². The van der Waals surface area contributed by atoms with Gasteiger partial charge >= 0.3 is 12.1 Å². The van der Waals surface area contributed by atoms with Gasteiger partial charge in [-0.25, -0.2) is 9.59 Å². The average Bonchev–Trinajstić information content (AvgIpc) is 2.52. The van der Waals surface area contributed by atoms with Crippen molar-refractivity contribution >= 4 is 29.6 Å². The van der Waals surface area contributed by atoms with Gasteiger partial charge in [0.15, 0.2) is 6.61 Å². The van der Waals surface area contributed by atoms with E-state index in [1.807, 2.05) is 0 Å². The molecule has 0 atom stereocenters. The van der Waals surface area contributed by atoms with Crippen LogP contribution in [-0.4, -0.2) is 35.7 Å². The lowest BCUT2D eigenvalue weighted by Crippen LogP contribution is -2.77. The quantitative estimate of drug-likeness (QED) is 0.723. The molecule has 0 spiro atoms. The van der Waals surface area contributed by atoms with Gasteiger partial charge in [0.1, 0.15) is 11.4 Å². The van der Waals surface area contributed by atoms with Gasteiger partial charge in [-0.15, -0.1) is 0 Å². The molecule has 4 rings (SSSR count). The van der Waals surface area contributed by atoms with Gasteiger partial charge in [0.25, 0.3) is 5.91 Å². The molecule has 8 nitrogen and oxygen atoms in total. The van der Waals surface area contributed by atoms with Crippen molar-refractivity contribution in [3.63, 3.8) is 0 Å². The second-order valence-corrected chi connectivity index (χ2v) is 8.81. The maximum absolute atomic E-state index is 12.2. The molecule has 0 unspecified atom stereocenters. The van der Waals surface area contributed by atoms with Crippen molar-refractivity contribution in [2.24, 2.45) is 5.41 Å². The smallest absolute Gasteiger partial charge is 0.408 e. The summed E-state index contributed by atoms with van der Waals surface area (Å²) in [4.78, 5) is 40.7. The lowest BCUT2D eigenvalue weighted by Gasteiger charge is -2.67. The molecule has 0 aliphatic heterocycles. The van der Waals surface area contributed by atoms with E-state index >= 15 is 0 Å². The van der Waals surface area contributed by atoms with E-state index in [9.17, 15) is 14.4 Å². The lowest BCUT2D eigenvalue weighted by atomic mass is 9.39. The van der Waals surface area contributed by atoms with Crippen LogP contribution in [0.4, 0.5) is 4.79 Å². The molecule has 0 saturated heterocycles. The minimum Gasteiger partial charge on any atom is -0.484 e. The molecule has 0 aromatic heterocycles. The lowest BCUT2D eigenvalue weighted by molar-refractivity contribution is -0.211. The first-order valence-electron chi connectivity index (χ1n) is 8.91. The van der Waals surface area contributed by atoms with Crippen LogP contribution in [0.1, 0.15) is 40.0 Å². The Balaban J connectivity index is 1.36. The van der Waals surface area contributed by atoms with E-state index in [-0.39, 0.29) is 6.61 Å². The third-order valence-corrected chi connectivity index (χ3v) is 4.92. The topological polar surface area (TPSA) is 103 Å². The van der Waals surface area contributed by atoms with E-state index in [1.54, 1.807) is 45.0 Å². The molecule has 3 aliphatic rings. The molecule has 1 aromatic carbocycles. The van der Waals surface area contributed by atoms with Crippen molar-refractivity contribution in [1.29, 1.82) is 0 Å². The van der Waals surface area contributed by atoms with E-state index in [4.69, 9.17) is 25.9 Å². The number of nitrogens with one attached hydrogen (secondary N) is 2. The fourth-order valence-corrected chi connectivity index (χ4v) is 3.70. The number of hydrogen-bond donors (Lipinski definition) is 2. The Morgan fingerprint density at radius 1 is 1.11 bits per heavy atom. The summed E-state index contributed by atoms with van der Waals surface area (Å²) < 4.78 is 10.5. The van der Waals surface area contributed by atoms with Gasteiger partial charge < -0.3 is 19.6 Å². The molecule has 28 heavy (non-hydrogen) atoms. The highest BCUT2D eigenvalue weighted by Gasteiger charge is 2.73. The molecule has 1 aromatic rings. The molecule has 9 heteroatoms. The summed E-state index contributed by atoms with van der Waals surface area (Å²) in [5.74, 6) is -0.628. The minimum absolute atomic E-state index is 0.300. The highest BCUT2D eigenvalue weighted by Crippen LogP contribution is 2.67. The second-order valence-electron chi connectivity index (χ2n) is 8.38. The summed E-state index contributed by atoms with van der Waals surface area (Å²) in [6.07, 6.45) is 0.904. The number of carbonyl (C=O) groups is 3. The Hall–Kier alpha value is -2.48. The standard InChI is InChI=1S/C19H23ClN2O6/c1-17(2,3)27-16(25)21-19-9-18(10-19,11-19)15(24)28-22-14(23)8-26-13-6-4-12(20)5-7-13/h4-7H,8-11H2,1-3H3,(H,21,25)(H,22,23). The number of carbonyl (C=O) groups excluding carboxylic acids is 3. The Kier molecular flexibility index (Phi) is 5.18. The fraction of sp³-hybridized carbons (Fsp3) is 0.526. The second kappa shape index (κ2) is 7.16. The van der Waals surface area contributed by atoms with Crippen LogP contribution in [-0.2, 0) is 19.2 Å². The number of rotatable bonds is 5. The third kappa shape index (κ3) is 4.49. The number of alkyl carbamates (subject to hydrolysis) is 1. The number of hydroxylamine groups is 1. The molecular formula is C19H23ClN2O6. The zero-order chi connectivity index (χ0) is 20.6. The number of halogens is 1. The number of hydrogen-bond acceptors (Lipinski definition) is 6. The first kappa shape index (κ1) is 20.3. The zero-order valence-corrected chi connectivity index (χ0v) is 16.7. The summed E-state index contributed by atoms with van der Waals surface area (Å²) in [5.41, 5.74) is 0.448. The molecule has 2 N–H and O–H groups in total. The van der Waals surface area contributed by atoms with Gasteiger partial charge in [-0.1, -0.05) is 11.6 Å². The molecule has 2 amide bonds. The first-order chi connectivity index (χ1) is 13.0. The first-order valence-corrected chi connectivity index (χ1v) is 9.28. The Labute approximate surface area is 167 Å². The summed E-state index contributed by atoms with van der Waals surface area (Å²) in [6, 6.07) is 6.53. The molecule has 0 radical (unpaired) electrons. The minimum atomic E-state index is -0.653. The van der Waals surface area contributed by atoms with E-state index in [0.717, 1.165) is 0 Å². The summed E-state index contributed by atoms with van der Waals surface area (Å²) in [5, 5.41) is 3.38. The SMILES string of the molecule is CC(C)(C)OC(=O)NC12CC(C(=O)ONC(=O)COc3ccc(Cl)cc3)(C1)C2. The van der Waals surface area contributed by atoms with Gasteiger partial charge in [0.05, 0.1) is 5.41 Å². The van der Waals surface area contributed by atoms with Crippen LogP contribution < -0.4 is 15.5 Å². The van der Waals surface area contributed by atoms with Crippen molar-refractivity contribution in [1.82, 2.24) is 10.8 Å². The molecule has 152 valence electrons. The summed E-state index contributed by atoms with van der Waals surface area (Å²) in [6.45, 7) is 5.05. The van der Waals surface area contributed by atoms with Gasteiger partial charge in [-0.3, -0.25) is 4.79 Å². The Bertz CT molecular complexity index is 767. The van der Waals surface area contributed by atoms with Crippen LogP contribution in [0, 0.1) is 5.41 Å². The Morgan fingerprint density at radius 2 is 1.71 bits per heavy atom. The Morgan fingerprint density at radius 3 is 2.29 bits per heavy atom. The van der Waals surface area contributed by atoms with E-state index in [2.05, 4.69) is 10.8 Å². The molecule has 3 aliphatic carbocycles. The van der Waals surface area contributed by atoms with Crippen LogP contribution in [0.5, 0.6) is 5.75 Å². The number of ether oxygens (including phenoxy) is 2. The van der Waals surface area contributed by atoms with Crippen LogP contribution in [0.2, 0.25) is 5.02 Å². The number of benzene rings is 1. The van der Waals surface area contributed by atoms with E-state index < -0.39 is 34.5 Å². The molecule has 3 fully saturated rings. The van der Waals surface area contributed by atoms with Crippen molar-refractivity contribution in [3.05, 3.63) is 29.3 Å². The van der Waals surface area contributed by atoms with E-state index in [0.29, 0.717) is 30.0 Å². The highest BCUT2D eigenvalue weighted by molar-refractivity contribution is 6.30. The van der Waals surface area contributed by atoms with Crippen LogP contribution in [0.15, 0.2) is 24.3 Å². The summed E-state index contributed by atoms with van der Waals surface area (Å²) in [7, 11) is 0. The largest absolute Gasteiger partial charge is 0.484 e. The zero-order valence-electron chi connectivity index (χ0n) is 16.0. The van der Waals surface area contributed by atoms with Gasteiger partial charge in [0.2, 0.25) is 0 Å². The fourth-order valence-electron chi connectivity index (χ4n) is 3.58. The van der Waals surface area contributed by atoms with Gasteiger partial charge in [-0.2, -0.15) is 5.48 Å². The van der Waals surface area contributed by atoms with Crippen molar-refractivity contribution in [2.45, 2.75) is 51.2 Å². The molecule has 0 heterocycles. The van der Waals surface area contributed by atoms with Crippen molar-refractivity contribution in [2.75, 3.05) is 6.61 Å². The van der Waals surface area contributed by atoms with Gasteiger partial charge in [0, 0.05) is 10.6 Å². The van der Waals surface area contributed by atoms with Crippen molar-refractivity contribution < 1.29 is 28.7 Å². The summed E-state index contributed by atoms with van der Waals surface area (Å²) >= 11 is 5.77. The van der Waals surface area contributed by atoms with Crippen LogP contribution in [0.25, 0.3) is 0 Å². The van der Waals surface area contributed by atoms with Gasteiger partial charge in [-0.05, 0) is 64.3 Å². The maximum Gasteiger partial charge on any atom is 0.408 e. The molecule has 3 saturated carbocycles. The number of amides is 2.